The second-order valence-corrected chi connectivity index (χ2v) is 11.1. The minimum absolute atomic E-state index is 0.0816. The van der Waals surface area contributed by atoms with Gasteiger partial charge in [0.15, 0.2) is 0 Å². The second kappa shape index (κ2) is 8.63. The van der Waals surface area contributed by atoms with E-state index in [0.29, 0.717) is 5.82 Å². The van der Waals surface area contributed by atoms with Gasteiger partial charge in [-0.25, -0.2) is 4.98 Å². The minimum atomic E-state index is 0.0816. The van der Waals surface area contributed by atoms with E-state index in [1.54, 1.807) is 6.20 Å². The SMILES string of the molecule is C[C@]1(N2CCN(c3cc4cc(NC(=O)[C@@H]5CC56CCOCC6)ncc4cc3Cl)CC2)CCOC1. The molecule has 1 aromatic heterocycles. The number of ether oxygens (including phenoxy) is 2. The Morgan fingerprint density at radius 3 is 2.56 bits per heavy atom. The number of fused-ring (bicyclic) bond motifs is 1. The number of nitrogens with zero attached hydrogens (tertiary/aromatic N) is 3. The van der Waals surface area contributed by atoms with Crippen LogP contribution in [-0.2, 0) is 14.3 Å². The lowest BCUT2D eigenvalue weighted by Gasteiger charge is -2.44. The van der Waals surface area contributed by atoms with Crippen LogP contribution in [-0.4, -0.2) is 73.9 Å². The van der Waals surface area contributed by atoms with Crippen LogP contribution >= 0.6 is 11.6 Å². The van der Waals surface area contributed by atoms with Crippen LogP contribution < -0.4 is 10.2 Å². The Bertz CT molecular complexity index is 1090. The summed E-state index contributed by atoms with van der Waals surface area (Å²) >= 11 is 6.70. The van der Waals surface area contributed by atoms with Crippen LogP contribution in [0.1, 0.15) is 32.6 Å². The normalized spacial score (nSPS) is 29.0. The van der Waals surface area contributed by atoms with Crippen LogP contribution in [0.4, 0.5) is 11.5 Å². The standard InChI is InChI=1S/C26H33ClN4O3/c1-25(2-9-34-17-25)31-7-5-30(6-8-31)22-13-18-14-23(28-16-19(18)12-21(22)27)29-24(32)20-15-26(20)3-10-33-11-4-26/h12-14,16,20H,2-11,15,17H2,1H3,(H,28,29,32)/t20-,25-/m0/s1. The molecule has 6 rings (SSSR count). The third-order valence-electron chi connectivity index (χ3n) is 8.62. The Hall–Kier alpha value is -1.93. The Balaban J connectivity index is 1.16. The number of benzene rings is 1. The molecule has 0 radical (unpaired) electrons. The number of halogens is 1. The smallest absolute Gasteiger partial charge is 0.229 e. The van der Waals surface area contributed by atoms with E-state index in [9.17, 15) is 4.79 Å². The average molecular weight is 485 g/mol. The lowest BCUT2D eigenvalue weighted by atomic mass is 9.93. The van der Waals surface area contributed by atoms with Crippen molar-refractivity contribution < 1.29 is 14.3 Å². The number of carbonyl (C=O) groups excluding carboxylic acids is 1. The molecule has 0 unspecified atom stereocenters. The van der Waals surface area contributed by atoms with Crippen molar-refractivity contribution in [3.05, 3.63) is 29.4 Å². The van der Waals surface area contributed by atoms with Crippen LogP contribution in [0.3, 0.4) is 0 Å². The summed E-state index contributed by atoms with van der Waals surface area (Å²) in [5.74, 6) is 0.778. The van der Waals surface area contributed by atoms with Crippen LogP contribution in [0.5, 0.6) is 0 Å². The van der Waals surface area contributed by atoms with Gasteiger partial charge in [0.25, 0.3) is 0 Å². The summed E-state index contributed by atoms with van der Waals surface area (Å²) in [5.41, 5.74) is 1.36. The largest absolute Gasteiger partial charge is 0.381 e. The van der Waals surface area contributed by atoms with Crippen molar-refractivity contribution in [1.29, 1.82) is 0 Å². The highest BCUT2D eigenvalue weighted by Gasteiger charge is 2.58. The van der Waals surface area contributed by atoms with Gasteiger partial charge in [-0.05, 0) is 61.6 Å². The third kappa shape index (κ3) is 4.06. The topological polar surface area (TPSA) is 66.9 Å². The Labute approximate surface area is 205 Å². The molecular formula is C26H33ClN4O3. The van der Waals surface area contributed by atoms with E-state index in [0.717, 1.165) is 99.8 Å². The molecule has 2 aromatic rings. The van der Waals surface area contributed by atoms with Crippen molar-refractivity contribution in [3.63, 3.8) is 0 Å². The molecule has 1 saturated carbocycles. The highest BCUT2D eigenvalue weighted by molar-refractivity contribution is 6.34. The van der Waals surface area contributed by atoms with Crippen LogP contribution in [0.15, 0.2) is 24.4 Å². The van der Waals surface area contributed by atoms with Gasteiger partial charge in [-0.2, -0.15) is 0 Å². The number of anilines is 2. The van der Waals surface area contributed by atoms with Gasteiger partial charge in [0.05, 0.1) is 17.3 Å². The second-order valence-electron chi connectivity index (χ2n) is 10.7. The van der Waals surface area contributed by atoms with E-state index in [1.807, 2.05) is 12.1 Å². The molecule has 1 N–H and O–H groups in total. The van der Waals surface area contributed by atoms with E-state index >= 15 is 0 Å². The number of piperazine rings is 1. The summed E-state index contributed by atoms with van der Waals surface area (Å²) in [6.45, 7) is 9.39. The van der Waals surface area contributed by atoms with E-state index in [2.05, 4.69) is 33.1 Å². The number of rotatable bonds is 4. The zero-order chi connectivity index (χ0) is 23.3. The van der Waals surface area contributed by atoms with Crippen LogP contribution in [0.2, 0.25) is 5.02 Å². The fourth-order valence-corrected chi connectivity index (χ4v) is 6.41. The summed E-state index contributed by atoms with van der Waals surface area (Å²) in [7, 11) is 0. The molecule has 1 amide bonds. The first-order valence-corrected chi connectivity index (χ1v) is 12.9. The highest BCUT2D eigenvalue weighted by Crippen LogP contribution is 2.59. The number of carbonyl (C=O) groups is 1. The first-order chi connectivity index (χ1) is 16.5. The molecule has 34 heavy (non-hydrogen) atoms. The Morgan fingerprint density at radius 1 is 1.06 bits per heavy atom. The summed E-state index contributed by atoms with van der Waals surface area (Å²) < 4.78 is 11.1. The highest BCUT2D eigenvalue weighted by atomic mass is 35.5. The zero-order valence-electron chi connectivity index (χ0n) is 19.8. The number of hydrogen-bond donors (Lipinski definition) is 1. The van der Waals surface area contributed by atoms with Gasteiger partial charge in [-0.1, -0.05) is 11.6 Å². The molecule has 2 atom stereocenters. The molecule has 182 valence electrons. The van der Waals surface area contributed by atoms with Crippen molar-refractivity contribution in [2.24, 2.45) is 11.3 Å². The fourth-order valence-electron chi connectivity index (χ4n) is 6.12. The van der Waals surface area contributed by atoms with Crippen LogP contribution in [0, 0.1) is 11.3 Å². The Morgan fingerprint density at radius 2 is 1.82 bits per heavy atom. The number of pyridine rings is 1. The molecule has 0 bridgehead atoms. The first kappa shape index (κ1) is 22.5. The molecule has 1 aromatic carbocycles. The maximum Gasteiger partial charge on any atom is 0.229 e. The number of amides is 1. The fraction of sp³-hybridized carbons (Fsp3) is 0.615. The van der Waals surface area contributed by atoms with E-state index in [4.69, 9.17) is 21.1 Å². The molecule has 4 fully saturated rings. The summed E-state index contributed by atoms with van der Waals surface area (Å²) in [6, 6.07) is 6.10. The molecule has 8 heteroatoms. The molecule has 1 spiro atoms. The van der Waals surface area contributed by atoms with Gasteiger partial charge in [0.1, 0.15) is 5.82 Å². The Kier molecular flexibility index (Phi) is 5.72. The lowest BCUT2D eigenvalue weighted by molar-refractivity contribution is -0.118. The predicted molar refractivity (Wildman–Crippen MR) is 134 cm³/mol. The van der Waals surface area contributed by atoms with E-state index in [1.165, 1.54) is 0 Å². The van der Waals surface area contributed by atoms with Crippen molar-refractivity contribution in [1.82, 2.24) is 9.88 Å². The monoisotopic (exact) mass is 484 g/mol. The van der Waals surface area contributed by atoms with Gasteiger partial charge in [0.2, 0.25) is 5.91 Å². The molecule has 4 aliphatic rings. The predicted octanol–water partition coefficient (Wildman–Crippen LogP) is 3.94. The molecule has 1 aliphatic carbocycles. The summed E-state index contributed by atoms with van der Waals surface area (Å²) in [6.07, 6.45) is 5.83. The van der Waals surface area contributed by atoms with Gasteiger partial charge >= 0.3 is 0 Å². The maximum atomic E-state index is 12.9. The first-order valence-electron chi connectivity index (χ1n) is 12.5. The summed E-state index contributed by atoms with van der Waals surface area (Å²) in [4.78, 5) is 22.3. The van der Waals surface area contributed by atoms with Crippen molar-refractivity contribution in [2.75, 3.05) is 62.8 Å². The number of nitrogens with one attached hydrogen (secondary N) is 1. The average Bonchev–Trinajstić information content (AvgIpc) is 3.34. The van der Waals surface area contributed by atoms with Crippen molar-refractivity contribution >= 4 is 39.8 Å². The zero-order valence-corrected chi connectivity index (χ0v) is 20.6. The van der Waals surface area contributed by atoms with Gasteiger partial charge in [-0.15, -0.1) is 0 Å². The minimum Gasteiger partial charge on any atom is -0.381 e. The summed E-state index contributed by atoms with van der Waals surface area (Å²) in [5, 5.41) is 5.83. The van der Waals surface area contributed by atoms with Gasteiger partial charge < -0.3 is 19.7 Å². The quantitative estimate of drug-likeness (QED) is 0.709. The van der Waals surface area contributed by atoms with E-state index in [-0.39, 0.29) is 22.8 Å². The van der Waals surface area contributed by atoms with E-state index < -0.39 is 0 Å². The molecular weight excluding hydrogens is 452 g/mol. The lowest BCUT2D eigenvalue weighted by Crippen LogP contribution is -2.56. The third-order valence-corrected chi connectivity index (χ3v) is 8.92. The van der Waals surface area contributed by atoms with Gasteiger partial charge in [0, 0.05) is 69.0 Å². The maximum absolute atomic E-state index is 12.9. The molecule has 7 nitrogen and oxygen atoms in total. The number of hydrogen-bond acceptors (Lipinski definition) is 6. The molecule has 3 aliphatic heterocycles. The van der Waals surface area contributed by atoms with Crippen molar-refractivity contribution in [2.45, 2.75) is 38.1 Å². The molecule has 3 saturated heterocycles. The van der Waals surface area contributed by atoms with Gasteiger partial charge in [-0.3, -0.25) is 9.69 Å². The molecule has 4 heterocycles. The number of aromatic nitrogens is 1. The van der Waals surface area contributed by atoms with Crippen molar-refractivity contribution in [3.8, 4) is 0 Å². The van der Waals surface area contributed by atoms with Crippen LogP contribution in [0.25, 0.3) is 10.8 Å².